The minimum atomic E-state index is 0.588. The lowest BCUT2D eigenvalue weighted by Gasteiger charge is -2.05. The van der Waals surface area contributed by atoms with Gasteiger partial charge in [-0.1, -0.05) is 42.5 Å². The number of nitrogens with zero attached hydrogens (tertiary/aromatic N) is 3. The minimum absolute atomic E-state index is 0.588. The van der Waals surface area contributed by atoms with Crippen LogP contribution in [0.1, 0.15) is 17.0 Å². The van der Waals surface area contributed by atoms with Gasteiger partial charge < -0.3 is 4.98 Å². The fourth-order valence-corrected chi connectivity index (χ4v) is 3.02. The third-order valence-corrected chi connectivity index (χ3v) is 4.29. The van der Waals surface area contributed by atoms with Crippen molar-refractivity contribution in [1.82, 2.24) is 15.0 Å². The number of H-pyrrole nitrogens is 1. The summed E-state index contributed by atoms with van der Waals surface area (Å²) in [5.74, 6) is 0.923. The van der Waals surface area contributed by atoms with Crippen molar-refractivity contribution in [2.45, 2.75) is 12.8 Å². The molecule has 0 unspecified atom stereocenters. The Balaban J connectivity index is 1.54. The third kappa shape index (κ3) is 3.13. The van der Waals surface area contributed by atoms with E-state index in [1.54, 1.807) is 18.3 Å². The van der Waals surface area contributed by atoms with Crippen LogP contribution >= 0.6 is 0 Å². The van der Waals surface area contributed by atoms with Crippen LogP contribution in [0.3, 0.4) is 0 Å². The summed E-state index contributed by atoms with van der Waals surface area (Å²) < 4.78 is 0. The van der Waals surface area contributed by atoms with Crippen molar-refractivity contribution >= 4 is 10.8 Å². The average molecular weight is 324 g/mol. The van der Waals surface area contributed by atoms with E-state index >= 15 is 0 Å². The lowest BCUT2D eigenvalue weighted by Crippen LogP contribution is -1.95. The van der Waals surface area contributed by atoms with Crippen molar-refractivity contribution in [3.05, 3.63) is 83.9 Å². The van der Waals surface area contributed by atoms with Gasteiger partial charge in [-0.3, -0.25) is 4.98 Å². The molecular formula is C21H16N4. The van der Waals surface area contributed by atoms with Gasteiger partial charge in [-0.2, -0.15) is 5.26 Å². The zero-order valence-corrected chi connectivity index (χ0v) is 13.6. The van der Waals surface area contributed by atoms with Gasteiger partial charge in [0.2, 0.25) is 0 Å². The highest BCUT2D eigenvalue weighted by Gasteiger charge is 2.07. The van der Waals surface area contributed by atoms with Crippen LogP contribution in [0, 0.1) is 11.3 Å². The van der Waals surface area contributed by atoms with Crippen molar-refractivity contribution < 1.29 is 0 Å². The highest BCUT2D eigenvalue weighted by Crippen LogP contribution is 2.20. The first kappa shape index (κ1) is 15.1. The van der Waals surface area contributed by atoms with Crippen molar-refractivity contribution in [2.24, 2.45) is 0 Å². The summed E-state index contributed by atoms with van der Waals surface area (Å²) in [5.41, 5.74) is 3.39. The van der Waals surface area contributed by atoms with Gasteiger partial charge in [0.25, 0.3) is 0 Å². The molecule has 0 atom stereocenters. The van der Waals surface area contributed by atoms with E-state index in [9.17, 15) is 0 Å². The van der Waals surface area contributed by atoms with E-state index in [1.807, 2.05) is 6.20 Å². The monoisotopic (exact) mass is 324 g/mol. The molecule has 1 N–H and O–H groups in total. The van der Waals surface area contributed by atoms with Crippen molar-refractivity contribution in [3.63, 3.8) is 0 Å². The number of imidazole rings is 1. The SMILES string of the molecule is N#Cc1ccnc(-c2c[nH]c(CCc3cccc4ccccc34)n2)c1. The van der Waals surface area contributed by atoms with E-state index in [2.05, 4.69) is 63.5 Å². The van der Waals surface area contributed by atoms with Gasteiger partial charge in [-0.15, -0.1) is 0 Å². The number of benzene rings is 2. The van der Waals surface area contributed by atoms with Gasteiger partial charge >= 0.3 is 0 Å². The van der Waals surface area contributed by atoms with E-state index in [1.165, 1.54) is 16.3 Å². The molecule has 4 nitrogen and oxygen atoms in total. The molecule has 120 valence electrons. The summed E-state index contributed by atoms with van der Waals surface area (Å²) in [4.78, 5) is 12.1. The number of aromatic amines is 1. The first-order valence-electron chi connectivity index (χ1n) is 8.21. The number of nitrogens with one attached hydrogen (secondary N) is 1. The Morgan fingerprint density at radius 3 is 2.76 bits per heavy atom. The molecule has 2 heterocycles. The van der Waals surface area contributed by atoms with E-state index in [-0.39, 0.29) is 0 Å². The largest absolute Gasteiger partial charge is 0.348 e. The highest BCUT2D eigenvalue weighted by atomic mass is 14.9. The number of aryl methyl sites for hydroxylation is 2. The lowest BCUT2D eigenvalue weighted by atomic mass is 10.0. The van der Waals surface area contributed by atoms with E-state index in [4.69, 9.17) is 5.26 Å². The molecule has 0 spiro atoms. The Labute approximate surface area is 145 Å². The quantitative estimate of drug-likeness (QED) is 0.609. The summed E-state index contributed by atoms with van der Waals surface area (Å²) in [5, 5.41) is 11.6. The van der Waals surface area contributed by atoms with Crippen molar-refractivity contribution in [1.29, 1.82) is 5.26 Å². The van der Waals surface area contributed by atoms with E-state index in [0.29, 0.717) is 11.3 Å². The van der Waals surface area contributed by atoms with Crippen LogP contribution in [0.2, 0.25) is 0 Å². The number of pyridine rings is 1. The number of hydrogen-bond acceptors (Lipinski definition) is 3. The van der Waals surface area contributed by atoms with Gasteiger partial charge in [-0.25, -0.2) is 4.98 Å². The number of nitriles is 1. The van der Waals surface area contributed by atoms with E-state index in [0.717, 1.165) is 24.4 Å². The second-order valence-corrected chi connectivity index (χ2v) is 5.91. The topological polar surface area (TPSA) is 65.4 Å². The number of hydrogen-bond donors (Lipinski definition) is 1. The molecule has 0 saturated carbocycles. The number of rotatable bonds is 4. The van der Waals surface area contributed by atoms with Gasteiger partial charge in [0.1, 0.15) is 11.5 Å². The molecular weight excluding hydrogens is 308 g/mol. The molecule has 4 heteroatoms. The summed E-state index contributed by atoms with van der Waals surface area (Å²) in [7, 11) is 0. The third-order valence-electron chi connectivity index (χ3n) is 4.29. The van der Waals surface area contributed by atoms with Crippen molar-refractivity contribution in [2.75, 3.05) is 0 Å². The fraction of sp³-hybridized carbons (Fsp3) is 0.0952. The number of aromatic nitrogens is 3. The second-order valence-electron chi connectivity index (χ2n) is 5.91. The molecule has 0 fully saturated rings. The standard InChI is InChI=1S/C21H16N4/c22-13-15-10-11-23-19(12-15)20-14-24-21(25-20)9-8-17-6-3-5-16-4-1-2-7-18(16)17/h1-7,10-12,14H,8-9H2,(H,24,25). The molecule has 4 aromatic rings. The molecule has 0 saturated heterocycles. The Morgan fingerprint density at radius 2 is 1.84 bits per heavy atom. The summed E-state index contributed by atoms with van der Waals surface area (Å²) >= 11 is 0. The maximum Gasteiger partial charge on any atom is 0.107 e. The predicted molar refractivity (Wildman–Crippen MR) is 97.9 cm³/mol. The second kappa shape index (κ2) is 6.58. The maximum atomic E-state index is 9.00. The van der Waals surface area contributed by atoms with E-state index < -0.39 is 0 Å². The number of fused-ring (bicyclic) bond motifs is 1. The van der Waals surface area contributed by atoms with Gasteiger partial charge in [0.15, 0.2) is 0 Å². The first-order valence-corrected chi connectivity index (χ1v) is 8.21. The molecule has 0 bridgehead atoms. The Hall–Kier alpha value is -3.45. The van der Waals surface area contributed by atoms with Crippen molar-refractivity contribution in [3.8, 4) is 17.5 Å². The molecule has 2 aromatic heterocycles. The first-order chi connectivity index (χ1) is 12.3. The molecule has 0 amide bonds. The molecule has 0 aliphatic carbocycles. The Morgan fingerprint density at radius 1 is 0.960 bits per heavy atom. The Bertz CT molecular complexity index is 1070. The molecule has 25 heavy (non-hydrogen) atoms. The van der Waals surface area contributed by atoms with Crippen LogP contribution in [0.15, 0.2) is 67.0 Å². The molecule has 0 radical (unpaired) electrons. The van der Waals surface area contributed by atoms with Gasteiger partial charge in [0, 0.05) is 18.8 Å². The highest BCUT2D eigenvalue weighted by molar-refractivity contribution is 5.85. The van der Waals surface area contributed by atoms with Crippen LogP contribution < -0.4 is 0 Å². The maximum absolute atomic E-state index is 9.00. The van der Waals surface area contributed by atoms with Crippen LogP contribution in [0.25, 0.3) is 22.2 Å². The molecule has 0 aliphatic rings. The average Bonchev–Trinajstić information content (AvgIpc) is 3.15. The molecule has 2 aromatic carbocycles. The molecule has 0 aliphatic heterocycles. The molecule has 4 rings (SSSR count). The van der Waals surface area contributed by atoms with Gasteiger partial charge in [0.05, 0.1) is 17.3 Å². The predicted octanol–water partition coefficient (Wildman–Crippen LogP) is 4.28. The van der Waals surface area contributed by atoms with Crippen LogP contribution in [0.5, 0.6) is 0 Å². The lowest BCUT2D eigenvalue weighted by molar-refractivity contribution is 0.890. The Kier molecular flexibility index (Phi) is 3.97. The zero-order valence-electron chi connectivity index (χ0n) is 13.6. The van der Waals surface area contributed by atoms with Gasteiger partial charge in [-0.05, 0) is 34.9 Å². The summed E-state index contributed by atoms with van der Waals surface area (Å²) in [6.45, 7) is 0. The zero-order chi connectivity index (χ0) is 17.1. The van der Waals surface area contributed by atoms with Crippen LogP contribution in [0.4, 0.5) is 0 Å². The summed E-state index contributed by atoms with van der Waals surface area (Å²) in [6.07, 6.45) is 5.23. The van der Waals surface area contributed by atoms with Crippen LogP contribution in [-0.2, 0) is 12.8 Å². The van der Waals surface area contributed by atoms with Crippen LogP contribution in [-0.4, -0.2) is 15.0 Å². The minimum Gasteiger partial charge on any atom is -0.348 e. The smallest absolute Gasteiger partial charge is 0.107 e. The normalized spacial score (nSPS) is 10.7. The summed E-state index contributed by atoms with van der Waals surface area (Å²) in [6, 6.07) is 20.4. The fourth-order valence-electron chi connectivity index (χ4n) is 3.02.